The summed E-state index contributed by atoms with van der Waals surface area (Å²) in [5, 5.41) is 2.56. The fourth-order valence-corrected chi connectivity index (χ4v) is 3.07. The van der Waals surface area contributed by atoms with Crippen LogP contribution >= 0.6 is 0 Å². The van der Waals surface area contributed by atoms with Gasteiger partial charge in [0.2, 0.25) is 5.91 Å². The van der Waals surface area contributed by atoms with Gasteiger partial charge in [-0.25, -0.2) is 5.84 Å². The third kappa shape index (κ3) is 3.23. The Morgan fingerprint density at radius 3 is 2.57 bits per heavy atom. The number of carbonyl (C=O) groups excluding carboxylic acids is 1. The van der Waals surface area contributed by atoms with E-state index in [0.717, 1.165) is 32.5 Å². The zero-order valence-corrected chi connectivity index (χ0v) is 12.1. The molecule has 1 amide bonds. The maximum absolute atomic E-state index is 11.5. The normalized spacial score (nSPS) is 17.0. The highest BCUT2D eigenvalue weighted by molar-refractivity contribution is 5.83. The third-order valence-corrected chi connectivity index (χ3v) is 4.32. The van der Waals surface area contributed by atoms with Crippen molar-refractivity contribution in [2.45, 2.75) is 19.4 Å². The van der Waals surface area contributed by atoms with Gasteiger partial charge in [0, 0.05) is 12.5 Å². The molecule has 0 spiro atoms. The Bertz CT molecular complexity index is 633. The highest BCUT2D eigenvalue weighted by Gasteiger charge is 2.24. The Morgan fingerprint density at radius 1 is 1.14 bits per heavy atom. The molecule has 1 fully saturated rings. The van der Waals surface area contributed by atoms with Gasteiger partial charge in [0.15, 0.2) is 0 Å². The summed E-state index contributed by atoms with van der Waals surface area (Å²) in [7, 11) is 0. The second kappa shape index (κ2) is 6.24. The van der Waals surface area contributed by atoms with Crippen molar-refractivity contribution in [1.82, 2.24) is 10.3 Å². The van der Waals surface area contributed by atoms with E-state index in [1.807, 2.05) is 0 Å². The summed E-state index contributed by atoms with van der Waals surface area (Å²) in [6, 6.07) is 15.1. The van der Waals surface area contributed by atoms with Gasteiger partial charge in [0.1, 0.15) is 0 Å². The topological polar surface area (TPSA) is 58.4 Å². The molecule has 0 aliphatic carbocycles. The number of piperidine rings is 1. The molecule has 1 aliphatic heterocycles. The van der Waals surface area contributed by atoms with Crippen molar-refractivity contribution in [1.29, 1.82) is 0 Å². The summed E-state index contributed by atoms with van der Waals surface area (Å²) in [4.78, 5) is 13.9. The summed E-state index contributed by atoms with van der Waals surface area (Å²) < 4.78 is 0. The van der Waals surface area contributed by atoms with Crippen molar-refractivity contribution in [3.8, 4) is 0 Å². The van der Waals surface area contributed by atoms with E-state index >= 15 is 0 Å². The lowest BCUT2D eigenvalue weighted by Crippen LogP contribution is -2.42. The van der Waals surface area contributed by atoms with Crippen LogP contribution in [-0.4, -0.2) is 23.9 Å². The smallest absolute Gasteiger partial charge is 0.237 e. The van der Waals surface area contributed by atoms with Crippen LogP contribution in [0.5, 0.6) is 0 Å². The molecule has 3 rings (SSSR count). The molecule has 2 aromatic rings. The number of likely N-dealkylation sites (tertiary alicyclic amines) is 1. The van der Waals surface area contributed by atoms with Crippen molar-refractivity contribution in [3.63, 3.8) is 0 Å². The van der Waals surface area contributed by atoms with Crippen LogP contribution in [0.2, 0.25) is 0 Å². The van der Waals surface area contributed by atoms with Gasteiger partial charge in [-0.15, -0.1) is 0 Å². The number of nitrogens with one attached hydrogen (secondary N) is 1. The molecule has 0 unspecified atom stereocenters. The molecular formula is C17H21N3O. The molecule has 4 nitrogen and oxygen atoms in total. The van der Waals surface area contributed by atoms with Gasteiger partial charge in [-0.05, 0) is 48.3 Å². The molecule has 0 bridgehead atoms. The Morgan fingerprint density at radius 2 is 1.86 bits per heavy atom. The van der Waals surface area contributed by atoms with E-state index in [-0.39, 0.29) is 11.8 Å². The number of amides is 1. The molecule has 0 atom stereocenters. The Kier molecular flexibility index (Phi) is 4.18. The number of hydrazine groups is 1. The molecule has 0 aromatic heterocycles. The number of hydrogen-bond donors (Lipinski definition) is 2. The van der Waals surface area contributed by atoms with Crippen LogP contribution < -0.4 is 11.3 Å². The Balaban J connectivity index is 1.63. The van der Waals surface area contributed by atoms with E-state index in [4.69, 9.17) is 5.84 Å². The maximum Gasteiger partial charge on any atom is 0.237 e. The molecule has 1 saturated heterocycles. The van der Waals surface area contributed by atoms with Crippen LogP contribution in [0.1, 0.15) is 18.4 Å². The number of fused-ring (bicyclic) bond motifs is 1. The predicted octanol–water partition coefficient (Wildman–Crippen LogP) is 2.04. The number of hydrogen-bond acceptors (Lipinski definition) is 3. The van der Waals surface area contributed by atoms with E-state index in [0.29, 0.717) is 0 Å². The van der Waals surface area contributed by atoms with Gasteiger partial charge in [0.05, 0.1) is 0 Å². The summed E-state index contributed by atoms with van der Waals surface area (Å²) in [5.74, 6) is 5.25. The molecular weight excluding hydrogens is 262 g/mol. The minimum Gasteiger partial charge on any atom is -0.299 e. The zero-order chi connectivity index (χ0) is 14.7. The lowest BCUT2D eigenvalue weighted by Gasteiger charge is -2.31. The molecule has 0 radical (unpaired) electrons. The first-order valence-corrected chi connectivity index (χ1v) is 7.47. The number of nitrogens with two attached hydrogens (primary N) is 1. The van der Waals surface area contributed by atoms with Crippen molar-refractivity contribution >= 4 is 16.7 Å². The number of carbonyl (C=O) groups is 1. The lowest BCUT2D eigenvalue weighted by molar-refractivity contribution is -0.126. The van der Waals surface area contributed by atoms with Gasteiger partial charge in [-0.2, -0.15) is 0 Å². The monoisotopic (exact) mass is 283 g/mol. The van der Waals surface area contributed by atoms with E-state index < -0.39 is 0 Å². The molecule has 0 saturated carbocycles. The largest absolute Gasteiger partial charge is 0.299 e. The molecule has 4 heteroatoms. The standard InChI is InChI=1S/C17H21N3O/c18-19-17(21)15-7-9-20(10-8-15)12-13-5-6-14-3-1-2-4-16(14)11-13/h1-6,11,15H,7-10,12,18H2,(H,19,21). The fourth-order valence-electron chi connectivity index (χ4n) is 3.07. The maximum atomic E-state index is 11.5. The summed E-state index contributed by atoms with van der Waals surface area (Å²) in [6.45, 7) is 2.84. The van der Waals surface area contributed by atoms with E-state index in [9.17, 15) is 4.79 Å². The highest BCUT2D eigenvalue weighted by atomic mass is 16.2. The Hall–Kier alpha value is -1.91. The van der Waals surface area contributed by atoms with Gasteiger partial charge in [0.25, 0.3) is 0 Å². The molecule has 1 heterocycles. The predicted molar refractivity (Wildman–Crippen MR) is 84.3 cm³/mol. The molecule has 2 aromatic carbocycles. The number of benzene rings is 2. The summed E-state index contributed by atoms with van der Waals surface area (Å²) in [5.41, 5.74) is 3.59. The minimum absolute atomic E-state index is 0.0274. The second-order valence-corrected chi connectivity index (χ2v) is 5.74. The van der Waals surface area contributed by atoms with E-state index in [1.54, 1.807) is 0 Å². The van der Waals surface area contributed by atoms with Crippen molar-refractivity contribution in [3.05, 3.63) is 48.0 Å². The third-order valence-electron chi connectivity index (χ3n) is 4.32. The number of nitrogens with zero attached hydrogens (tertiary/aromatic N) is 1. The van der Waals surface area contributed by atoms with Gasteiger partial charge >= 0.3 is 0 Å². The molecule has 1 aliphatic rings. The van der Waals surface area contributed by atoms with E-state index in [1.165, 1.54) is 16.3 Å². The zero-order valence-electron chi connectivity index (χ0n) is 12.1. The average Bonchev–Trinajstić information content (AvgIpc) is 2.55. The molecule has 110 valence electrons. The quantitative estimate of drug-likeness (QED) is 0.515. The van der Waals surface area contributed by atoms with Crippen LogP contribution in [0.3, 0.4) is 0 Å². The van der Waals surface area contributed by atoms with Crippen molar-refractivity contribution in [2.24, 2.45) is 11.8 Å². The first-order chi connectivity index (χ1) is 10.3. The van der Waals surface area contributed by atoms with Crippen LogP contribution in [0.15, 0.2) is 42.5 Å². The molecule has 3 N–H and O–H groups in total. The van der Waals surface area contributed by atoms with Crippen LogP contribution in [0, 0.1) is 5.92 Å². The van der Waals surface area contributed by atoms with Gasteiger partial charge in [-0.3, -0.25) is 15.1 Å². The highest BCUT2D eigenvalue weighted by Crippen LogP contribution is 2.21. The van der Waals surface area contributed by atoms with Crippen molar-refractivity contribution < 1.29 is 4.79 Å². The van der Waals surface area contributed by atoms with Crippen LogP contribution in [0.4, 0.5) is 0 Å². The Labute approximate surface area is 124 Å². The van der Waals surface area contributed by atoms with Crippen molar-refractivity contribution in [2.75, 3.05) is 13.1 Å². The minimum atomic E-state index is -0.0274. The number of rotatable bonds is 3. The van der Waals surface area contributed by atoms with Gasteiger partial charge < -0.3 is 0 Å². The van der Waals surface area contributed by atoms with Crippen LogP contribution in [-0.2, 0) is 11.3 Å². The summed E-state index contributed by atoms with van der Waals surface area (Å²) >= 11 is 0. The second-order valence-electron chi connectivity index (χ2n) is 5.74. The molecule has 21 heavy (non-hydrogen) atoms. The summed E-state index contributed by atoms with van der Waals surface area (Å²) in [6.07, 6.45) is 1.77. The fraction of sp³-hybridized carbons (Fsp3) is 0.353. The van der Waals surface area contributed by atoms with Crippen LogP contribution in [0.25, 0.3) is 10.8 Å². The van der Waals surface area contributed by atoms with E-state index in [2.05, 4.69) is 52.8 Å². The average molecular weight is 283 g/mol. The van der Waals surface area contributed by atoms with Gasteiger partial charge in [-0.1, -0.05) is 36.4 Å². The first-order valence-electron chi connectivity index (χ1n) is 7.47. The lowest BCUT2D eigenvalue weighted by atomic mass is 9.95. The first kappa shape index (κ1) is 14.0. The SMILES string of the molecule is NNC(=O)C1CCN(Cc2ccc3ccccc3c2)CC1.